The van der Waals surface area contributed by atoms with Crippen molar-refractivity contribution in [3.8, 4) is 22.1 Å². The lowest BCUT2D eigenvalue weighted by Crippen LogP contribution is -2.00. The highest BCUT2D eigenvalue weighted by Crippen LogP contribution is 2.43. The third-order valence-electron chi connectivity index (χ3n) is 4.99. The number of aromatic nitrogens is 6. The first-order valence-corrected chi connectivity index (χ1v) is 11.4. The van der Waals surface area contributed by atoms with Crippen LogP contribution in [0.4, 0.5) is 0 Å². The van der Waals surface area contributed by atoms with Gasteiger partial charge >= 0.3 is 0 Å². The van der Waals surface area contributed by atoms with E-state index in [1.807, 2.05) is 30.3 Å². The van der Waals surface area contributed by atoms with Gasteiger partial charge in [-0.2, -0.15) is 0 Å². The molecule has 1 aliphatic carbocycles. The summed E-state index contributed by atoms with van der Waals surface area (Å²) in [4.78, 5) is 15.0. The molecule has 0 bridgehead atoms. The van der Waals surface area contributed by atoms with Crippen LogP contribution in [0, 0.1) is 0 Å². The molecule has 0 amide bonds. The van der Waals surface area contributed by atoms with Crippen LogP contribution >= 0.6 is 23.1 Å². The van der Waals surface area contributed by atoms with Gasteiger partial charge in [-0.15, -0.1) is 21.5 Å². The molecule has 0 spiro atoms. The normalized spacial score (nSPS) is 13.7. The van der Waals surface area contributed by atoms with E-state index in [4.69, 9.17) is 9.97 Å². The Morgan fingerprint density at radius 1 is 0.967 bits per heavy atom. The molecule has 0 aliphatic heterocycles. The fraction of sp³-hybridized carbons (Fsp3) is 0.136. The topological polar surface area (TPSA) is 69.4 Å². The lowest BCUT2D eigenvalue weighted by atomic mass is 10.2. The summed E-state index contributed by atoms with van der Waals surface area (Å²) in [7, 11) is 0. The van der Waals surface area contributed by atoms with Crippen molar-refractivity contribution in [2.45, 2.75) is 29.1 Å². The molecule has 0 radical (unpaired) electrons. The maximum absolute atomic E-state index is 4.89. The Hall–Kier alpha value is -3.10. The number of hydrogen-bond acceptors (Lipinski definition) is 7. The van der Waals surface area contributed by atoms with Gasteiger partial charge in [0.2, 0.25) is 0 Å². The molecule has 30 heavy (non-hydrogen) atoms. The van der Waals surface area contributed by atoms with Crippen LogP contribution in [-0.4, -0.2) is 29.7 Å². The minimum absolute atomic E-state index is 0.463. The van der Waals surface area contributed by atoms with Gasteiger partial charge in [0.1, 0.15) is 5.03 Å². The number of benzene rings is 1. The summed E-state index contributed by atoms with van der Waals surface area (Å²) in [5, 5.41) is 13.9. The van der Waals surface area contributed by atoms with E-state index in [0.29, 0.717) is 11.9 Å². The van der Waals surface area contributed by atoms with Crippen LogP contribution in [0.3, 0.4) is 0 Å². The van der Waals surface area contributed by atoms with Crippen LogP contribution < -0.4 is 0 Å². The average Bonchev–Trinajstić information content (AvgIpc) is 3.31. The van der Waals surface area contributed by atoms with Crippen LogP contribution in [0.1, 0.15) is 18.9 Å². The Morgan fingerprint density at radius 2 is 1.90 bits per heavy atom. The lowest BCUT2D eigenvalue weighted by Gasteiger charge is -2.10. The highest BCUT2D eigenvalue weighted by atomic mass is 32.2. The molecule has 4 aromatic heterocycles. The van der Waals surface area contributed by atoms with Crippen molar-refractivity contribution < 1.29 is 0 Å². The summed E-state index contributed by atoms with van der Waals surface area (Å²) in [5.74, 6) is 1.61. The Labute approximate surface area is 181 Å². The van der Waals surface area contributed by atoms with Gasteiger partial charge in [-0.25, -0.2) is 9.97 Å². The van der Waals surface area contributed by atoms with Gasteiger partial charge < -0.3 is 0 Å². The standard InChI is InChI=1S/C22H16N6S2/c1-2-7-17-16(6-1)21(25-19(24-17)14-5-3-11-23-13-14)30-22-27-26-20(18-8-4-12-29-18)28(22)15-9-10-15/h1-8,11-13,15H,9-10H2. The molecule has 6 rings (SSSR count). The third-order valence-corrected chi connectivity index (χ3v) is 6.83. The van der Waals surface area contributed by atoms with Gasteiger partial charge in [-0.05, 0) is 54.2 Å². The second-order valence-corrected chi connectivity index (χ2v) is 9.00. The minimum Gasteiger partial charge on any atom is -0.298 e. The largest absolute Gasteiger partial charge is 0.298 e. The first kappa shape index (κ1) is 17.7. The van der Waals surface area contributed by atoms with Gasteiger partial charge in [0, 0.05) is 29.4 Å². The van der Waals surface area contributed by atoms with Gasteiger partial charge in [0.15, 0.2) is 16.8 Å². The van der Waals surface area contributed by atoms with E-state index in [0.717, 1.165) is 50.2 Å². The quantitative estimate of drug-likeness (QED) is 0.344. The number of hydrogen-bond donors (Lipinski definition) is 0. The number of fused-ring (bicyclic) bond motifs is 1. The molecule has 8 heteroatoms. The predicted octanol–water partition coefficient (Wildman–Crippen LogP) is 5.50. The molecular weight excluding hydrogens is 412 g/mol. The first-order valence-electron chi connectivity index (χ1n) is 9.70. The zero-order valence-corrected chi connectivity index (χ0v) is 17.5. The van der Waals surface area contributed by atoms with Crippen molar-refractivity contribution in [3.63, 3.8) is 0 Å². The van der Waals surface area contributed by atoms with E-state index in [2.05, 4.69) is 43.3 Å². The Kier molecular flexibility index (Phi) is 4.32. The minimum atomic E-state index is 0.463. The lowest BCUT2D eigenvalue weighted by molar-refractivity contribution is 0.669. The maximum Gasteiger partial charge on any atom is 0.198 e. The first-order chi connectivity index (χ1) is 14.9. The number of nitrogens with zero attached hydrogens (tertiary/aromatic N) is 6. The molecule has 1 fully saturated rings. The third kappa shape index (κ3) is 3.18. The molecule has 0 atom stereocenters. The van der Waals surface area contributed by atoms with Crippen LogP contribution in [0.5, 0.6) is 0 Å². The van der Waals surface area contributed by atoms with Crippen LogP contribution in [0.25, 0.3) is 33.0 Å². The maximum atomic E-state index is 4.89. The zero-order valence-electron chi connectivity index (χ0n) is 15.8. The van der Waals surface area contributed by atoms with Gasteiger partial charge in [0.25, 0.3) is 0 Å². The van der Waals surface area contributed by atoms with Crippen molar-refractivity contribution in [2.75, 3.05) is 0 Å². The highest BCUT2D eigenvalue weighted by Gasteiger charge is 2.31. The van der Waals surface area contributed by atoms with Crippen LogP contribution in [-0.2, 0) is 0 Å². The molecular formula is C22H16N6S2. The molecule has 5 aromatic rings. The number of para-hydroxylation sites is 1. The average molecular weight is 429 g/mol. The zero-order chi connectivity index (χ0) is 19.9. The molecule has 1 aliphatic rings. The highest BCUT2D eigenvalue weighted by molar-refractivity contribution is 7.99. The summed E-state index contributed by atoms with van der Waals surface area (Å²) in [5.41, 5.74) is 1.80. The second kappa shape index (κ2) is 7.30. The van der Waals surface area contributed by atoms with Gasteiger partial charge in [-0.1, -0.05) is 24.3 Å². The van der Waals surface area contributed by atoms with Crippen molar-refractivity contribution in [1.82, 2.24) is 29.7 Å². The Balaban J connectivity index is 1.48. The van der Waals surface area contributed by atoms with E-state index < -0.39 is 0 Å². The van der Waals surface area contributed by atoms with Crippen molar-refractivity contribution in [3.05, 3.63) is 66.3 Å². The molecule has 0 N–H and O–H groups in total. The summed E-state index contributed by atoms with van der Waals surface area (Å²) in [6.07, 6.45) is 5.87. The molecule has 4 heterocycles. The molecule has 0 saturated heterocycles. The van der Waals surface area contributed by atoms with Crippen LogP contribution in [0.2, 0.25) is 0 Å². The van der Waals surface area contributed by atoms with E-state index in [-0.39, 0.29) is 0 Å². The van der Waals surface area contributed by atoms with Crippen molar-refractivity contribution in [2.24, 2.45) is 0 Å². The molecule has 1 aromatic carbocycles. The Bertz CT molecular complexity index is 1330. The van der Waals surface area contributed by atoms with E-state index >= 15 is 0 Å². The molecule has 6 nitrogen and oxygen atoms in total. The number of pyridine rings is 1. The summed E-state index contributed by atoms with van der Waals surface area (Å²) < 4.78 is 2.27. The molecule has 146 valence electrons. The summed E-state index contributed by atoms with van der Waals surface area (Å²) >= 11 is 3.25. The number of rotatable bonds is 5. The summed E-state index contributed by atoms with van der Waals surface area (Å²) in [6.45, 7) is 0. The van der Waals surface area contributed by atoms with Gasteiger partial charge in [-0.3, -0.25) is 9.55 Å². The van der Waals surface area contributed by atoms with Gasteiger partial charge in [0.05, 0.1) is 10.4 Å². The van der Waals surface area contributed by atoms with E-state index in [1.165, 1.54) is 0 Å². The fourth-order valence-corrected chi connectivity index (χ4v) is 5.13. The fourth-order valence-electron chi connectivity index (χ4n) is 3.42. The predicted molar refractivity (Wildman–Crippen MR) is 118 cm³/mol. The van der Waals surface area contributed by atoms with E-state index in [1.54, 1.807) is 35.5 Å². The Morgan fingerprint density at radius 3 is 2.70 bits per heavy atom. The van der Waals surface area contributed by atoms with Crippen molar-refractivity contribution in [1.29, 1.82) is 0 Å². The molecule has 0 unspecified atom stereocenters. The monoisotopic (exact) mass is 428 g/mol. The second-order valence-electron chi connectivity index (χ2n) is 7.10. The van der Waals surface area contributed by atoms with E-state index in [9.17, 15) is 0 Å². The SMILES string of the molecule is c1cncc(-c2nc(Sc3nnc(-c4cccs4)n3C3CC3)c3ccccc3n2)c1. The number of thiophene rings is 1. The van der Waals surface area contributed by atoms with Crippen molar-refractivity contribution >= 4 is 34.0 Å². The molecule has 1 saturated carbocycles. The van der Waals surface area contributed by atoms with Crippen LogP contribution in [0.15, 0.2) is 76.5 Å². The summed E-state index contributed by atoms with van der Waals surface area (Å²) in [6, 6.07) is 16.6. The smallest absolute Gasteiger partial charge is 0.198 e.